The first-order chi connectivity index (χ1) is 13.2. The molecule has 1 aliphatic heterocycles. The van der Waals surface area contributed by atoms with E-state index in [4.69, 9.17) is 5.11 Å². The third-order valence-electron chi connectivity index (χ3n) is 5.17. The molecule has 1 fully saturated rings. The normalized spacial score (nSPS) is 15.5. The summed E-state index contributed by atoms with van der Waals surface area (Å²) in [5, 5.41) is 9.15. The first-order valence-electron chi connectivity index (χ1n) is 9.67. The van der Waals surface area contributed by atoms with Crippen molar-refractivity contribution in [3.05, 3.63) is 47.9 Å². The Hall–Kier alpha value is -2.76. The van der Waals surface area contributed by atoms with Gasteiger partial charge in [-0.05, 0) is 48.9 Å². The highest BCUT2D eigenvalue weighted by Crippen LogP contribution is 2.27. The van der Waals surface area contributed by atoms with Gasteiger partial charge >= 0.3 is 5.97 Å². The second-order valence-corrected chi connectivity index (χ2v) is 8.51. The van der Waals surface area contributed by atoms with Crippen LogP contribution in [0.4, 0.5) is 0 Å². The van der Waals surface area contributed by atoms with Crippen LogP contribution < -0.4 is 0 Å². The Morgan fingerprint density at radius 1 is 1.18 bits per heavy atom. The largest absolute Gasteiger partial charge is 0.478 e. The molecule has 6 nitrogen and oxygen atoms in total. The maximum atomic E-state index is 12.4. The number of likely N-dealkylation sites (tertiary alicyclic amines) is 1. The molecule has 0 radical (unpaired) electrons. The maximum absolute atomic E-state index is 12.4. The summed E-state index contributed by atoms with van der Waals surface area (Å²) in [5.74, 6) is -0.243. The Morgan fingerprint density at radius 3 is 2.54 bits per heavy atom. The number of aromatic carboxylic acids is 1. The van der Waals surface area contributed by atoms with Crippen LogP contribution >= 0.6 is 0 Å². The molecule has 2 aromatic rings. The molecule has 0 aliphatic carbocycles. The number of pyridine rings is 2. The minimum Gasteiger partial charge on any atom is -0.478 e. The van der Waals surface area contributed by atoms with Crippen LogP contribution in [0.2, 0.25) is 0 Å². The molecule has 0 spiro atoms. The monoisotopic (exact) mass is 381 g/mol. The highest BCUT2D eigenvalue weighted by Gasteiger charge is 2.30. The molecule has 2 aromatic heterocycles. The van der Waals surface area contributed by atoms with Crippen LogP contribution in [0.3, 0.4) is 0 Å². The summed E-state index contributed by atoms with van der Waals surface area (Å²) in [6.45, 7) is 7.52. The zero-order valence-corrected chi connectivity index (χ0v) is 16.7. The number of nitrogens with zero attached hydrogens (tertiary/aromatic N) is 3. The molecule has 0 unspecified atom stereocenters. The van der Waals surface area contributed by atoms with Crippen molar-refractivity contribution in [3.8, 4) is 11.3 Å². The van der Waals surface area contributed by atoms with Crippen LogP contribution in [-0.4, -0.2) is 44.9 Å². The fraction of sp³-hybridized carbons (Fsp3) is 0.455. The number of carbonyl (C=O) groups excluding carboxylic acids is 1. The Balaban J connectivity index is 1.65. The van der Waals surface area contributed by atoms with Crippen LogP contribution in [0.1, 0.15) is 49.5 Å². The van der Waals surface area contributed by atoms with Crippen molar-refractivity contribution in [2.24, 2.45) is 11.3 Å². The molecular weight excluding hydrogens is 354 g/mol. The molecule has 0 atom stereocenters. The standard InChI is InChI=1S/C22H27N3O3/c1-22(2,3)21(28)25-8-5-15(6-9-25)10-16-4-7-24-19(11-16)17-12-18(20(26)27)14-23-13-17/h4,7,11-15H,5-6,8-10H2,1-3H3,(H,26,27). The van der Waals surface area contributed by atoms with Gasteiger partial charge in [-0.1, -0.05) is 20.8 Å². The van der Waals surface area contributed by atoms with Gasteiger partial charge in [-0.3, -0.25) is 14.8 Å². The van der Waals surface area contributed by atoms with Crippen LogP contribution in [0, 0.1) is 11.3 Å². The van der Waals surface area contributed by atoms with Gasteiger partial charge in [0.1, 0.15) is 0 Å². The number of carboxylic acid groups (broad SMARTS) is 1. The number of aromatic nitrogens is 2. The summed E-state index contributed by atoms with van der Waals surface area (Å²) in [5.41, 5.74) is 2.43. The second kappa shape index (κ2) is 8.09. The molecule has 0 saturated carbocycles. The number of carbonyl (C=O) groups is 2. The number of piperidine rings is 1. The highest BCUT2D eigenvalue weighted by molar-refractivity contribution is 5.88. The molecule has 0 aromatic carbocycles. The van der Waals surface area contributed by atoms with Gasteiger partial charge < -0.3 is 10.0 Å². The number of rotatable bonds is 4. The maximum Gasteiger partial charge on any atom is 0.337 e. The van der Waals surface area contributed by atoms with Crippen molar-refractivity contribution in [2.75, 3.05) is 13.1 Å². The van der Waals surface area contributed by atoms with Crippen molar-refractivity contribution >= 4 is 11.9 Å². The molecule has 3 rings (SSSR count). The number of hydrogen-bond acceptors (Lipinski definition) is 4. The van der Waals surface area contributed by atoms with E-state index in [2.05, 4.69) is 9.97 Å². The smallest absolute Gasteiger partial charge is 0.337 e. The Morgan fingerprint density at radius 2 is 1.89 bits per heavy atom. The predicted molar refractivity (Wildman–Crippen MR) is 107 cm³/mol. The van der Waals surface area contributed by atoms with Crippen molar-refractivity contribution in [1.82, 2.24) is 14.9 Å². The van der Waals surface area contributed by atoms with E-state index >= 15 is 0 Å². The zero-order valence-electron chi connectivity index (χ0n) is 16.7. The van der Waals surface area contributed by atoms with E-state index in [1.165, 1.54) is 11.8 Å². The molecule has 3 heterocycles. The van der Waals surface area contributed by atoms with Crippen LogP contribution in [-0.2, 0) is 11.2 Å². The highest BCUT2D eigenvalue weighted by atomic mass is 16.4. The quantitative estimate of drug-likeness (QED) is 0.874. The third kappa shape index (κ3) is 4.74. The molecule has 1 amide bonds. The van der Waals surface area contributed by atoms with Gasteiger partial charge in [0.15, 0.2) is 0 Å². The summed E-state index contributed by atoms with van der Waals surface area (Å²) < 4.78 is 0. The fourth-order valence-electron chi connectivity index (χ4n) is 3.60. The van der Waals surface area contributed by atoms with E-state index in [1.54, 1.807) is 18.5 Å². The summed E-state index contributed by atoms with van der Waals surface area (Å²) in [6, 6.07) is 5.61. The lowest BCUT2D eigenvalue weighted by atomic mass is 9.88. The fourth-order valence-corrected chi connectivity index (χ4v) is 3.60. The summed E-state index contributed by atoms with van der Waals surface area (Å²) in [6.07, 6.45) is 7.65. The SMILES string of the molecule is CC(C)(C)C(=O)N1CCC(Cc2ccnc(-c3cncc(C(=O)O)c3)c2)CC1. The molecule has 0 bridgehead atoms. The van der Waals surface area contributed by atoms with E-state index in [0.29, 0.717) is 11.5 Å². The van der Waals surface area contributed by atoms with Gasteiger partial charge in [0.2, 0.25) is 5.91 Å². The van der Waals surface area contributed by atoms with E-state index in [0.717, 1.165) is 38.0 Å². The van der Waals surface area contributed by atoms with Crippen molar-refractivity contribution < 1.29 is 14.7 Å². The van der Waals surface area contributed by atoms with Crippen LogP contribution in [0.5, 0.6) is 0 Å². The average Bonchev–Trinajstić information content (AvgIpc) is 2.67. The lowest BCUT2D eigenvalue weighted by Gasteiger charge is -2.35. The molecule has 1 N–H and O–H groups in total. The number of hydrogen-bond donors (Lipinski definition) is 1. The van der Waals surface area contributed by atoms with E-state index in [-0.39, 0.29) is 16.9 Å². The van der Waals surface area contributed by atoms with Gasteiger partial charge in [-0.2, -0.15) is 0 Å². The lowest BCUT2D eigenvalue weighted by Crippen LogP contribution is -2.44. The van der Waals surface area contributed by atoms with E-state index < -0.39 is 5.97 Å². The Labute approximate surface area is 165 Å². The minimum atomic E-state index is -0.998. The third-order valence-corrected chi connectivity index (χ3v) is 5.17. The minimum absolute atomic E-state index is 0.153. The number of amides is 1. The molecule has 6 heteroatoms. The van der Waals surface area contributed by atoms with E-state index in [9.17, 15) is 9.59 Å². The van der Waals surface area contributed by atoms with Crippen molar-refractivity contribution in [1.29, 1.82) is 0 Å². The molecular formula is C22H27N3O3. The number of carboxylic acids is 1. The van der Waals surface area contributed by atoms with Crippen LogP contribution in [0.25, 0.3) is 11.3 Å². The zero-order chi connectivity index (χ0) is 20.3. The van der Waals surface area contributed by atoms with Crippen molar-refractivity contribution in [3.63, 3.8) is 0 Å². The molecule has 1 aliphatic rings. The van der Waals surface area contributed by atoms with Gasteiger partial charge in [0.05, 0.1) is 11.3 Å². The predicted octanol–water partition coefficient (Wildman–Crippen LogP) is 3.67. The second-order valence-electron chi connectivity index (χ2n) is 8.51. The first kappa shape index (κ1) is 20.0. The summed E-state index contributed by atoms with van der Waals surface area (Å²) in [4.78, 5) is 34.0. The summed E-state index contributed by atoms with van der Waals surface area (Å²) >= 11 is 0. The Bertz CT molecular complexity index is 865. The van der Waals surface area contributed by atoms with E-state index in [1.807, 2.05) is 37.8 Å². The van der Waals surface area contributed by atoms with Gasteiger partial charge in [0, 0.05) is 42.7 Å². The topological polar surface area (TPSA) is 83.4 Å². The van der Waals surface area contributed by atoms with Gasteiger partial charge in [-0.15, -0.1) is 0 Å². The van der Waals surface area contributed by atoms with Crippen molar-refractivity contribution in [2.45, 2.75) is 40.0 Å². The average molecular weight is 381 g/mol. The lowest BCUT2D eigenvalue weighted by molar-refractivity contribution is -0.140. The van der Waals surface area contributed by atoms with Gasteiger partial charge in [-0.25, -0.2) is 4.79 Å². The van der Waals surface area contributed by atoms with Crippen LogP contribution in [0.15, 0.2) is 36.8 Å². The van der Waals surface area contributed by atoms with Gasteiger partial charge in [0.25, 0.3) is 0 Å². The molecule has 148 valence electrons. The Kier molecular flexibility index (Phi) is 5.77. The summed E-state index contributed by atoms with van der Waals surface area (Å²) in [7, 11) is 0. The first-order valence-corrected chi connectivity index (χ1v) is 9.67. The molecule has 1 saturated heterocycles. The molecule has 28 heavy (non-hydrogen) atoms.